The van der Waals surface area contributed by atoms with Gasteiger partial charge in [0.25, 0.3) is 0 Å². The maximum atomic E-state index is 9.48. The van der Waals surface area contributed by atoms with Crippen LogP contribution in [0.15, 0.2) is 0 Å². The predicted molar refractivity (Wildman–Crippen MR) is 71.5 cm³/mol. The molecule has 0 spiro atoms. The molecule has 0 radical (unpaired) electrons. The van der Waals surface area contributed by atoms with E-state index in [4.69, 9.17) is 0 Å². The standard InChI is InChI=1S/C13H24N2S/c1-10(2)7-16-9-13(8-14,12-5-6-12)15-11(3)4/h10-12,15H,5-7,9H2,1-4H3. The van der Waals surface area contributed by atoms with Gasteiger partial charge in [-0.3, -0.25) is 5.32 Å². The van der Waals surface area contributed by atoms with E-state index in [1.165, 1.54) is 12.8 Å². The van der Waals surface area contributed by atoms with Gasteiger partial charge in [-0.15, -0.1) is 0 Å². The zero-order valence-electron chi connectivity index (χ0n) is 10.9. The van der Waals surface area contributed by atoms with Gasteiger partial charge in [0.2, 0.25) is 0 Å². The molecular weight excluding hydrogens is 216 g/mol. The summed E-state index contributed by atoms with van der Waals surface area (Å²) in [7, 11) is 0. The molecule has 1 fully saturated rings. The molecule has 0 aromatic carbocycles. The molecule has 2 nitrogen and oxygen atoms in total. The minimum absolute atomic E-state index is 0.270. The highest BCUT2D eigenvalue weighted by Crippen LogP contribution is 2.41. The Morgan fingerprint density at radius 1 is 1.38 bits per heavy atom. The molecule has 1 atom stereocenters. The molecule has 16 heavy (non-hydrogen) atoms. The molecule has 0 heterocycles. The van der Waals surface area contributed by atoms with Crippen molar-refractivity contribution in [2.75, 3.05) is 11.5 Å². The zero-order chi connectivity index (χ0) is 12.2. The van der Waals surface area contributed by atoms with Crippen molar-refractivity contribution in [3.8, 4) is 6.07 Å². The van der Waals surface area contributed by atoms with Crippen molar-refractivity contribution in [3.63, 3.8) is 0 Å². The highest BCUT2D eigenvalue weighted by Gasteiger charge is 2.45. The first-order chi connectivity index (χ1) is 7.50. The van der Waals surface area contributed by atoms with Crippen molar-refractivity contribution in [2.24, 2.45) is 11.8 Å². The second-order valence-electron chi connectivity index (χ2n) is 5.57. The first kappa shape index (κ1) is 13.9. The second kappa shape index (κ2) is 5.93. The van der Waals surface area contributed by atoms with Crippen molar-refractivity contribution in [1.29, 1.82) is 5.26 Å². The van der Waals surface area contributed by atoms with E-state index in [1.807, 2.05) is 11.8 Å². The van der Waals surface area contributed by atoms with E-state index in [0.29, 0.717) is 17.9 Å². The maximum Gasteiger partial charge on any atom is 0.118 e. The molecule has 1 N–H and O–H groups in total. The molecule has 1 rings (SSSR count). The van der Waals surface area contributed by atoms with Crippen molar-refractivity contribution in [3.05, 3.63) is 0 Å². The Kier molecular flexibility index (Phi) is 5.14. The van der Waals surface area contributed by atoms with Crippen LogP contribution in [0.2, 0.25) is 0 Å². The number of hydrogen-bond acceptors (Lipinski definition) is 3. The fourth-order valence-electron chi connectivity index (χ4n) is 1.98. The molecule has 1 saturated carbocycles. The predicted octanol–water partition coefficient (Wildman–Crippen LogP) is 3.05. The molecule has 1 aliphatic carbocycles. The SMILES string of the molecule is CC(C)CSCC(C#N)(NC(C)C)C1CC1. The molecule has 0 aliphatic heterocycles. The number of thioether (sulfide) groups is 1. The largest absolute Gasteiger partial charge is 0.296 e. The van der Waals surface area contributed by atoms with Crippen molar-refractivity contribution < 1.29 is 0 Å². The van der Waals surface area contributed by atoms with E-state index in [9.17, 15) is 5.26 Å². The first-order valence-electron chi connectivity index (χ1n) is 6.27. The third-order valence-electron chi connectivity index (χ3n) is 2.80. The summed E-state index contributed by atoms with van der Waals surface area (Å²) in [5.41, 5.74) is -0.270. The number of nitriles is 1. The summed E-state index contributed by atoms with van der Waals surface area (Å²) < 4.78 is 0. The Balaban J connectivity index is 2.52. The zero-order valence-corrected chi connectivity index (χ0v) is 11.7. The van der Waals surface area contributed by atoms with Crippen molar-refractivity contribution >= 4 is 11.8 Å². The summed E-state index contributed by atoms with van der Waals surface area (Å²) in [6.45, 7) is 8.71. The lowest BCUT2D eigenvalue weighted by Crippen LogP contribution is -2.51. The molecule has 0 aromatic rings. The van der Waals surface area contributed by atoms with Gasteiger partial charge in [-0.2, -0.15) is 17.0 Å². The molecule has 3 heteroatoms. The Bertz CT molecular complexity index is 253. The number of hydrogen-bond donors (Lipinski definition) is 1. The van der Waals surface area contributed by atoms with Gasteiger partial charge in [0, 0.05) is 11.8 Å². The van der Waals surface area contributed by atoms with E-state index in [2.05, 4.69) is 39.1 Å². The molecule has 0 bridgehead atoms. The third kappa shape index (κ3) is 3.99. The molecule has 1 unspecified atom stereocenters. The quantitative estimate of drug-likeness (QED) is 0.743. The number of nitrogens with zero attached hydrogens (tertiary/aromatic N) is 1. The van der Waals surface area contributed by atoms with E-state index in [1.54, 1.807) is 0 Å². The fourth-order valence-corrected chi connectivity index (χ4v) is 3.27. The van der Waals surface area contributed by atoms with Crippen LogP contribution in [-0.2, 0) is 0 Å². The normalized spacial score (nSPS) is 19.8. The summed E-state index contributed by atoms with van der Waals surface area (Å²) in [5, 5.41) is 13.0. The molecule has 92 valence electrons. The average molecular weight is 240 g/mol. The van der Waals surface area contributed by atoms with Gasteiger partial charge in [-0.1, -0.05) is 13.8 Å². The number of rotatable bonds is 7. The van der Waals surface area contributed by atoms with Gasteiger partial charge >= 0.3 is 0 Å². The summed E-state index contributed by atoms with van der Waals surface area (Å²) in [5.74, 6) is 3.37. The van der Waals surface area contributed by atoms with Crippen molar-refractivity contribution in [2.45, 2.75) is 52.1 Å². The summed E-state index contributed by atoms with van der Waals surface area (Å²) >= 11 is 1.92. The molecular formula is C13H24N2S. The van der Waals surface area contributed by atoms with Gasteiger partial charge in [0.1, 0.15) is 5.54 Å². The van der Waals surface area contributed by atoms with E-state index < -0.39 is 0 Å². The summed E-state index contributed by atoms with van der Waals surface area (Å²) in [6.07, 6.45) is 2.44. The van der Waals surface area contributed by atoms with Crippen LogP contribution >= 0.6 is 11.8 Å². The van der Waals surface area contributed by atoms with Crippen LogP contribution in [0.25, 0.3) is 0 Å². The minimum atomic E-state index is -0.270. The highest BCUT2D eigenvalue weighted by molar-refractivity contribution is 7.99. The Morgan fingerprint density at radius 2 is 2.00 bits per heavy atom. The smallest absolute Gasteiger partial charge is 0.118 e. The van der Waals surface area contributed by atoms with Gasteiger partial charge in [0.15, 0.2) is 0 Å². The maximum absolute atomic E-state index is 9.48. The van der Waals surface area contributed by atoms with Crippen LogP contribution in [0.4, 0.5) is 0 Å². The van der Waals surface area contributed by atoms with Gasteiger partial charge in [0.05, 0.1) is 6.07 Å². The summed E-state index contributed by atoms with van der Waals surface area (Å²) in [6, 6.07) is 2.94. The molecule has 0 saturated heterocycles. The monoisotopic (exact) mass is 240 g/mol. The first-order valence-corrected chi connectivity index (χ1v) is 7.42. The van der Waals surface area contributed by atoms with Gasteiger partial charge < -0.3 is 0 Å². The van der Waals surface area contributed by atoms with Crippen LogP contribution in [-0.4, -0.2) is 23.1 Å². The Morgan fingerprint density at radius 3 is 2.38 bits per heavy atom. The molecule has 1 aliphatic rings. The molecule has 0 aromatic heterocycles. The van der Waals surface area contributed by atoms with E-state index in [-0.39, 0.29) is 5.54 Å². The lowest BCUT2D eigenvalue weighted by molar-refractivity contribution is 0.370. The summed E-state index contributed by atoms with van der Waals surface area (Å²) in [4.78, 5) is 0. The van der Waals surface area contributed by atoms with Crippen LogP contribution in [0.1, 0.15) is 40.5 Å². The van der Waals surface area contributed by atoms with E-state index >= 15 is 0 Å². The average Bonchev–Trinajstić information content (AvgIpc) is 2.98. The lowest BCUT2D eigenvalue weighted by atomic mass is 9.96. The van der Waals surface area contributed by atoms with Gasteiger partial charge in [-0.05, 0) is 44.3 Å². The van der Waals surface area contributed by atoms with E-state index in [0.717, 1.165) is 11.5 Å². The Hall–Kier alpha value is -0.200. The molecule has 0 amide bonds. The van der Waals surface area contributed by atoms with Crippen LogP contribution < -0.4 is 5.32 Å². The third-order valence-corrected chi connectivity index (χ3v) is 4.36. The van der Waals surface area contributed by atoms with Crippen LogP contribution in [0.5, 0.6) is 0 Å². The minimum Gasteiger partial charge on any atom is -0.296 e. The highest BCUT2D eigenvalue weighted by atomic mass is 32.2. The van der Waals surface area contributed by atoms with Crippen LogP contribution in [0, 0.1) is 23.2 Å². The van der Waals surface area contributed by atoms with Crippen LogP contribution in [0.3, 0.4) is 0 Å². The van der Waals surface area contributed by atoms with Crippen molar-refractivity contribution in [1.82, 2.24) is 5.32 Å². The second-order valence-corrected chi connectivity index (χ2v) is 6.60. The lowest BCUT2D eigenvalue weighted by Gasteiger charge is -2.30. The Labute approximate surface area is 104 Å². The van der Waals surface area contributed by atoms with Gasteiger partial charge in [-0.25, -0.2) is 0 Å². The number of nitrogens with one attached hydrogen (secondary N) is 1. The fraction of sp³-hybridized carbons (Fsp3) is 0.923. The topological polar surface area (TPSA) is 35.8 Å².